The fraction of sp³-hybridized carbons (Fsp3) is 0.154. The first kappa shape index (κ1) is 22.0. The molecular weight excluding hydrogens is 449 g/mol. The van der Waals surface area contributed by atoms with Gasteiger partial charge in [-0.3, -0.25) is 10.2 Å². The highest BCUT2D eigenvalue weighted by Gasteiger charge is 2.36. The number of rotatable bonds is 3. The first-order valence-electron chi connectivity index (χ1n) is 10.8. The lowest BCUT2D eigenvalue weighted by Gasteiger charge is -2.20. The fourth-order valence-corrected chi connectivity index (χ4v) is 5.11. The highest BCUT2D eigenvalue weighted by molar-refractivity contribution is 8.27. The van der Waals surface area contributed by atoms with E-state index in [9.17, 15) is 9.18 Å². The molecule has 34 heavy (non-hydrogen) atoms. The van der Waals surface area contributed by atoms with Crippen LogP contribution in [0.2, 0.25) is 0 Å². The number of nitrogens with zero attached hydrogens (tertiary/aromatic N) is 4. The maximum Gasteiger partial charge on any atom is 0.283 e. The van der Waals surface area contributed by atoms with E-state index < -0.39 is 5.91 Å². The number of aliphatic imine (C=N–C) groups is 1. The molecule has 5 rings (SSSR count). The molecule has 8 heteroatoms. The molecule has 0 saturated heterocycles. The molecule has 0 radical (unpaired) electrons. The van der Waals surface area contributed by atoms with Gasteiger partial charge in [-0.1, -0.05) is 17.7 Å². The number of carbonyl (C=O) groups is 1. The van der Waals surface area contributed by atoms with Gasteiger partial charge >= 0.3 is 0 Å². The highest BCUT2D eigenvalue weighted by atomic mass is 32.2. The van der Waals surface area contributed by atoms with Crippen molar-refractivity contribution in [2.24, 2.45) is 10.1 Å². The van der Waals surface area contributed by atoms with Crippen molar-refractivity contribution in [2.75, 3.05) is 0 Å². The lowest BCUT2D eigenvalue weighted by atomic mass is 10.1. The van der Waals surface area contributed by atoms with Gasteiger partial charge in [-0.25, -0.2) is 4.39 Å². The van der Waals surface area contributed by atoms with Gasteiger partial charge in [-0.15, -0.1) is 0 Å². The van der Waals surface area contributed by atoms with Gasteiger partial charge in [0, 0.05) is 22.6 Å². The van der Waals surface area contributed by atoms with E-state index in [0.29, 0.717) is 15.8 Å². The normalized spacial score (nSPS) is 16.7. The Hall–Kier alpha value is -3.78. The largest absolute Gasteiger partial charge is 0.318 e. The molecule has 2 aliphatic heterocycles. The molecule has 6 nitrogen and oxygen atoms in total. The number of halogens is 1. The van der Waals surface area contributed by atoms with Crippen molar-refractivity contribution in [3.63, 3.8) is 0 Å². The van der Waals surface area contributed by atoms with Crippen LogP contribution in [0.15, 0.2) is 64.2 Å². The number of hydrogen-bond acceptors (Lipinski definition) is 4. The van der Waals surface area contributed by atoms with E-state index in [1.54, 1.807) is 18.2 Å². The summed E-state index contributed by atoms with van der Waals surface area (Å²) in [5, 5.41) is 15.4. The number of thioether (sulfide) groups is 1. The second-order valence-electron chi connectivity index (χ2n) is 8.38. The van der Waals surface area contributed by atoms with Gasteiger partial charge in [0.1, 0.15) is 10.9 Å². The Kier molecular flexibility index (Phi) is 5.32. The van der Waals surface area contributed by atoms with Crippen molar-refractivity contribution >= 4 is 39.8 Å². The lowest BCUT2D eigenvalue weighted by molar-refractivity contribution is -0.114. The molecule has 0 spiro atoms. The number of hydrazone groups is 1. The zero-order chi connectivity index (χ0) is 24.1. The van der Waals surface area contributed by atoms with Crippen LogP contribution in [-0.2, 0) is 4.79 Å². The summed E-state index contributed by atoms with van der Waals surface area (Å²) < 4.78 is 15.4. The standard InChI is InChI=1S/C26H22FN5OS/c1-14-5-10-22(15(2)11-14)31-16(3)12-19(17(31)4)13-21-23(28)32-26(29-24(21)33)34-25(30-32)18-6-8-20(27)9-7-18/h5-13,28H,1-4H3/b21-13-,28-23?. The van der Waals surface area contributed by atoms with E-state index in [1.165, 1.54) is 34.5 Å². The Bertz CT molecular complexity index is 1460. The van der Waals surface area contributed by atoms with Gasteiger partial charge < -0.3 is 4.57 Å². The van der Waals surface area contributed by atoms with E-state index in [2.05, 4.69) is 46.7 Å². The predicted molar refractivity (Wildman–Crippen MR) is 135 cm³/mol. The maximum absolute atomic E-state index is 13.3. The first-order chi connectivity index (χ1) is 16.2. The first-order valence-corrected chi connectivity index (χ1v) is 11.6. The summed E-state index contributed by atoms with van der Waals surface area (Å²) in [5.74, 6) is -0.847. The SMILES string of the molecule is Cc1ccc(-n2c(C)cc(/C=C3/C(=N)N4N=C(c5ccc(F)cc5)SC4=NC3=O)c2C)c(C)c1. The monoisotopic (exact) mass is 471 g/mol. The van der Waals surface area contributed by atoms with E-state index in [0.717, 1.165) is 28.2 Å². The molecule has 3 aromatic rings. The van der Waals surface area contributed by atoms with E-state index >= 15 is 0 Å². The fourth-order valence-electron chi connectivity index (χ4n) is 4.22. The third kappa shape index (κ3) is 3.70. The molecule has 1 aromatic heterocycles. The Balaban J connectivity index is 1.51. The van der Waals surface area contributed by atoms with Gasteiger partial charge in [0.25, 0.3) is 5.91 Å². The van der Waals surface area contributed by atoms with E-state index in [4.69, 9.17) is 5.41 Å². The average Bonchev–Trinajstić information content (AvgIpc) is 3.33. The zero-order valence-electron chi connectivity index (χ0n) is 19.2. The summed E-state index contributed by atoms with van der Waals surface area (Å²) in [6.45, 7) is 8.17. The van der Waals surface area contributed by atoms with Crippen LogP contribution >= 0.6 is 11.8 Å². The van der Waals surface area contributed by atoms with Crippen molar-refractivity contribution < 1.29 is 9.18 Å². The molecule has 0 atom stereocenters. The number of aryl methyl sites for hydroxylation is 3. The Morgan fingerprint density at radius 2 is 1.76 bits per heavy atom. The van der Waals surface area contributed by atoms with Gasteiger partial charge in [0.05, 0.1) is 5.57 Å². The summed E-state index contributed by atoms with van der Waals surface area (Å²) >= 11 is 1.19. The summed E-state index contributed by atoms with van der Waals surface area (Å²) in [6.07, 6.45) is 1.71. The highest BCUT2D eigenvalue weighted by Crippen LogP contribution is 2.32. The topological polar surface area (TPSA) is 73.8 Å². The number of amides is 1. The summed E-state index contributed by atoms with van der Waals surface area (Å²) in [7, 11) is 0. The summed E-state index contributed by atoms with van der Waals surface area (Å²) in [5.41, 5.74) is 7.17. The lowest BCUT2D eigenvalue weighted by Crippen LogP contribution is -2.35. The van der Waals surface area contributed by atoms with Crippen molar-refractivity contribution in [1.29, 1.82) is 5.41 Å². The number of nitrogens with one attached hydrogen (secondary N) is 1. The van der Waals surface area contributed by atoms with Crippen molar-refractivity contribution in [1.82, 2.24) is 9.58 Å². The van der Waals surface area contributed by atoms with Crippen LogP contribution in [0.5, 0.6) is 0 Å². The van der Waals surface area contributed by atoms with Crippen LogP contribution in [-0.4, -0.2) is 31.5 Å². The number of benzene rings is 2. The van der Waals surface area contributed by atoms with Crippen LogP contribution in [0, 0.1) is 38.9 Å². The van der Waals surface area contributed by atoms with E-state index in [-0.39, 0.29) is 17.2 Å². The third-order valence-corrected chi connectivity index (χ3v) is 6.87. The summed E-state index contributed by atoms with van der Waals surface area (Å²) in [4.78, 5) is 17.0. The molecular formula is C26H22FN5OS. The molecule has 0 saturated carbocycles. The average molecular weight is 472 g/mol. The molecule has 170 valence electrons. The Morgan fingerprint density at radius 3 is 2.47 bits per heavy atom. The number of hydrogen-bond donors (Lipinski definition) is 1. The van der Waals surface area contributed by atoms with Crippen LogP contribution in [0.25, 0.3) is 11.8 Å². The number of carbonyl (C=O) groups excluding carboxylic acids is 1. The van der Waals surface area contributed by atoms with Crippen LogP contribution in [0.4, 0.5) is 4.39 Å². The van der Waals surface area contributed by atoms with Gasteiger partial charge in [0.15, 0.2) is 5.84 Å². The van der Waals surface area contributed by atoms with Gasteiger partial charge in [-0.2, -0.15) is 15.1 Å². The molecule has 0 aliphatic carbocycles. The second-order valence-corrected chi connectivity index (χ2v) is 9.34. The second kappa shape index (κ2) is 8.22. The molecule has 0 fully saturated rings. The zero-order valence-corrected chi connectivity index (χ0v) is 20.0. The smallest absolute Gasteiger partial charge is 0.283 e. The van der Waals surface area contributed by atoms with Crippen LogP contribution in [0.1, 0.15) is 33.6 Å². The minimum absolute atomic E-state index is 0.0315. The summed E-state index contributed by atoms with van der Waals surface area (Å²) in [6, 6.07) is 14.3. The van der Waals surface area contributed by atoms with Crippen LogP contribution in [0.3, 0.4) is 0 Å². The quantitative estimate of drug-likeness (QED) is 0.512. The van der Waals surface area contributed by atoms with Crippen LogP contribution < -0.4 is 0 Å². The Labute approximate surface area is 201 Å². The van der Waals surface area contributed by atoms with Gasteiger partial charge in [-0.05, 0) is 93.1 Å². The molecule has 3 heterocycles. The molecule has 1 N–H and O–H groups in total. The van der Waals surface area contributed by atoms with Crippen molar-refractivity contribution in [2.45, 2.75) is 27.7 Å². The molecule has 2 aliphatic rings. The number of fused-ring (bicyclic) bond motifs is 1. The third-order valence-electron chi connectivity index (χ3n) is 5.91. The number of aromatic nitrogens is 1. The molecule has 0 unspecified atom stereocenters. The Morgan fingerprint density at radius 1 is 1.03 bits per heavy atom. The molecule has 0 bridgehead atoms. The predicted octanol–water partition coefficient (Wildman–Crippen LogP) is 5.52. The maximum atomic E-state index is 13.3. The van der Waals surface area contributed by atoms with Crippen molar-refractivity contribution in [3.8, 4) is 5.69 Å². The molecule has 2 aromatic carbocycles. The molecule has 1 amide bonds. The van der Waals surface area contributed by atoms with Crippen molar-refractivity contribution in [3.05, 3.63) is 93.6 Å². The van der Waals surface area contributed by atoms with E-state index in [1.807, 2.05) is 19.9 Å². The number of amidine groups is 2. The minimum Gasteiger partial charge on any atom is -0.318 e. The minimum atomic E-state index is -0.476. The van der Waals surface area contributed by atoms with Gasteiger partial charge in [0.2, 0.25) is 5.17 Å².